The maximum atomic E-state index is 12.9. The van der Waals surface area contributed by atoms with Crippen LogP contribution in [0.1, 0.15) is 31.4 Å². The van der Waals surface area contributed by atoms with E-state index in [-0.39, 0.29) is 16.9 Å². The topological polar surface area (TPSA) is 109 Å². The van der Waals surface area contributed by atoms with Crippen molar-refractivity contribution in [3.63, 3.8) is 0 Å². The quantitative estimate of drug-likeness (QED) is 0.502. The number of furan rings is 1. The molecule has 0 atom stereocenters. The molecule has 142 valence electrons. The third-order valence-corrected chi connectivity index (χ3v) is 4.39. The van der Waals surface area contributed by atoms with Crippen LogP contribution in [-0.4, -0.2) is 23.2 Å². The lowest BCUT2D eigenvalue weighted by atomic mass is 10.1. The van der Waals surface area contributed by atoms with Gasteiger partial charge in [-0.25, -0.2) is 14.0 Å². The summed E-state index contributed by atoms with van der Waals surface area (Å²) < 4.78 is 29.2. The van der Waals surface area contributed by atoms with E-state index in [0.717, 1.165) is 12.8 Å². The Morgan fingerprint density at radius 2 is 1.59 bits per heavy atom. The van der Waals surface area contributed by atoms with Gasteiger partial charge in [-0.3, -0.25) is 0 Å². The summed E-state index contributed by atoms with van der Waals surface area (Å²) in [7, 11) is 0. The Bertz CT molecular complexity index is 858. The minimum absolute atomic E-state index is 0. The summed E-state index contributed by atoms with van der Waals surface area (Å²) in [5, 5.41) is 2.96. The zero-order valence-corrected chi connectivity index (χ0v) is 14.3. The summed E-state index contributed by atoms with van der Waals surface area (Å²) >= 11 is 0. The molecule has 4 rings (SSSR count). The predicted octanol–water partition coefficient (Wildman–Crippen LogP) is 3.09. The molecule has 1 spiro atoms. The average Bonchev–Trinajstić information content (AvgIpc) is 3.23. The molecule has 27 heavy (non-hydrogen) atoms. The molecule has 1 aliphatic heterocycles. The van der Waals surface area contributed by atoms with Crippen LogP contribution in [0.25, 0.3) is 6.08 Å². The van der Waals surface area contributed by atoms with Crippen molar-refractivity contribution < 1.29 is 33.3 Å². The van der Waals surface area contributed by atoms with E-state index in [1.54, 1.807) is 24.3 Å². The van der Waals surface area contributed by atoms with E-state index >= 15 is 0 Å². The van der Waals surface area contributed by atoms with E-state index in [4.69, 9.17) is 13.9 Å². The second-order valence-corrected chi connectivity index (χ2v) is 6.29. The standard InChI is InChI=1S/C19H16FNO5.H2O/c20-12-3-5-13(6-4-12)21-16-8-7-14(24-16)11-15-17(22)25-19(26-18(15)23)9-1-2-10-19;/h3-8,11,21H,1-2,9-10H2;1H2. The van der Waals surface area contributed by atoms with Crippen LogP contribution in [-0.2, 0) is 19.1 Å². The highest BCUT2D eigenvalue weighted by Crippen LogP contribution is 2.38. The molecule has 8 heteroatoms. The lowest BCUT2D eigenvalue weighted by Crippen LogP contribution is -2.44. The molecule has 0 bridgehead atoms. The molecule has 0 amide bonds. The SMILES string of the molecule is O.O=C1OC2(CCCC2)OC(=O)C1=Cc1ccc(Nc2ccc(F)cc2)o1. The monoisotopic (exact) mass is 375 g/mol. The van der Waals surface area contributed by atoms with Crippen molar-refractivity contribution in [2.75, 3.05) is 5.32 Å². The minimum atomic E-state index is -1.09. The van der Waals surface area contributed by atoms with Gasteiger partial charge >= 0.3 is 11.9 Å². The van der Waals surface area contributed by atoms with Crippen molar-refractivity contribution in [3.8, 4) is 0 Å². The minimum Gasteiger partial charge on any atom is -0.441 e. The Hall–Kier alpha value is -3.13. The number of hydrogen-bond donors (Lipinski definition) is 1. The third kappa shape index (κ3) is 3.85. The zero-order valence-electron chi connectivity index (χ0n) is 14.3. The van der Waals surface area contributed by atoms with Gasteiger partial charge in [-0.05, 0) is 43.2 Å². The first-order valence-electron chi connectivity index (χ1n) is 8.34. The van der Waals surface area contributed by atoms with Crippen molar-refractivity contribution >= 4 is 29.6 Å². The van der Waals surface area contributed by atoms with Crippen LogP contribution < -0.4 is 5.32 Å². The lowest BCUT2D eigenvalue weighted by Gasteiger charge is -2.32. The number of carbonyl (C=O) groups excluding carboxylic acids is 2. The second-order valence-electron chi connectivity index (χ2n) is 6.29. The summed E-state index contributed by atoms with van der Waals surface area (Å²) in [6.07, 6.45) is 4.07. The van der Waals surface area contributed by atoms with Crippen LogP contribution in [0.3, 0.4) is 0 Å². The molecule has 1 saturated carbocycles. The van der Waals surface area contributed by atoms with Crippen LogP contribution in [0, 0.1) is 5.82 Å². The molecule has 2 aliphatic rings. The third-order valence-electron chi connectivity index (χ3n) is 4.39. The van der Waals surface area contributed by atoms with Crippen molar-refractivity contribution in [2.24, 2.45) is 0 Å². The number of carbonyl (C=O) groups is 2. The molecule has 1 saturated heterocycles. The van der Waals surface area contributed by atoms with Gasteiger partial charge in [0.2, 0.25) is 0 Å². The Morgan fingerprint density at radius 3 is 2.22 bits per heavy atom. The molecule has 2 fully saturated rings. The van der Waals surface area contributed by atoms with Crippen molar-refractivity contribution in [3.05, 3.63) is 53.5 Å². The van der Waals surface area contributed by atoms with Crippen LogP contribution in [0.15, 0.2) is 46.4 Å². The number of esters is 2. The van der Waals surface area contributed by atoms with Crippen molar-refractivity contribution in [2.45, 2.75) is 31.5 Å². The first-order valence-corrected chi connectivity index (χ1v) is 8.34. The van der Waals surface area contributed by atoms with E-state index in [1.165, 1.54) is 18.2 Å². The van der Waals surface area contributed by atoms with Gasteiger partial charge in [-0.2, -0.15) is 0 Å². The molecular weight excluding hydrogens is 357 g/mol. The summed E-state index contributed by atoms with van der Waals surface area (Å²) in [6.45, 7) is 0. The van der Waals surface area contributed by atoms with E-state index < -0.39 is 17.7 Å². The largest absolute Gasteiger partial charge is 0.441 e. The first-order chi connectivity index (χ1) is 12.5. The fourth-order valence-electron chi connectivity index (χ4n) is 3.10. The average molecular weight is 375 g/mol. The van der Waals surface area contributed by atoms with Gasteiger partial charge in [0.1, 0.15) is 17.2 Å². The van der Waals surface area contributed by atoms with Gasteiger partial charge in [0.05, 0.1) is 0 Å². The molecule has 1 aliphatic carbocycles. The normalized spacial score (nSPS) is 17.9. The van der Waals surface area contributed by atoms with E-state index in [9.17, 15) is 14.0 Å². The maximum absolute atomic E-state index is 12.9. The first kappa shape index (κ1) is 18.7. The van der Waals surface area contributed by atoms with Crippen molar-refractivity contribution in [1.82, 2.24) is 0 Å². The lowest BCUT2D eigenvalue weighted by molar-refractivity contribution is -0.232. The molecule has 2 heterocycles. The number of benzene rings is 1. The number of nitrogens with one attached hydrogen (secondary N) is 1. The molecule has 7 nitrogen and oxygen atoms in total. The highest BCUT2D eigenvalue weighted by atomic mass is 19.1. The molecule has 2 aromatic rings. The maximum Gasteiger partial charge on any atom is 0.349 e. The van der Waals surface area contributed by atoms with Gasteiger partial charge in [0.15, 0.2) is 5.88 Å². The Balaban J connectivity index is 0.00000210. The van der Waals surface area contributed by atoms with Crippen LogP contribution in [0.4, 0.5) is 16.0 Å². The van der Waals surface area contributed by atoms with Crippen molar-refractivity contribution in [1.29, 1.82) is 0 Å². The van der Waals surface area contributed by atoms with Gasteiger partial charge in [-0.15, -0.1) is 0 Å². The fourth-order valence-corrected chi connectivity index (χ4v) is 3.10. The highest BCUT2D eigenvalue weighted by molar-refractivity contribution is 6.18. The van der Waals surface area contributed by atoms with Gasteiger partial charge in [-0.1, -0.05) is 0 Å². The zero-order chi connectivity index (χ0) is 18.1. The molecule has 0 unspecified atom stereocenters. The molecule has 0 radical (unpaired) electrons. The molecule has 1 aromatic heterocycles. The number of anilines is 2. The number of ether oxygens (including phenoxy) is 2. The fraction of sp³-hybridized carbons (Fsp3) is 0.263. The Labute approximate surface area is 154 Å². The van der Waals surface area contributed by atoms with Crippen LogP contribution >= 0.6 is 0 Å². The van der Waals surface area contributed by atoms with Gasteiger partial charge in [0, 0.05) is 30.7 Å². The van der Waals surface area contributed by atoms with Crippen LogP contribution in [0.5, 0.6) is 0 Å². The van der Waals surface area contributed by atoms with Gasteiger partial charge < -0.3 is 24.7 Å². The number of rotatable bonds is 3. The van der Waals surface area contributed by atoms with Gasteiger partial charge in [0.25, 0.3) is 5.79 Å². The molecule has 3 N–H and O–H groups in total. The second kappa shape index (κ2) is 7.24. The highest BCUT2D eigenvalue weighted by Gasteiger charge is 2.48. The van der Waals surface area contributed by atoms with E-state index in [1.807, 2.05) is 0 Å². The Morgan fingerprint density at radius 1 is 0.963 bits per heavy atom. The Kier molecular flexibility index (Phi) is 5.00. The number of hydrogen-bond acceptors (Lipinski definition) is 6. The summed E-state index contributed by atoms with van der Waals surface area (Å²) in [6, 6.07) is 9.00. The summed E-state index contributed by atoms with van der Waals surface area (Å²) in [5.74, 6) is -2.16. The summed E-state index contributed by atoms with van der Waals surface area (Å²) in [5.41, 5.74) is 0.435. The van der Waals surface area contributed by atoms with Crippen LogP contribution in [0.2, 0.25) is 0 Å². The summed E-state index contributed by atoms with van der Waals surface area (Å²) in [4.78, 5) is 24.4. The molecular formula is C19H18FNO6. The van der Waals surface area contributed by atoms with E-state index in [2.05, 4.69) is 5.32 Å². The van der Waals surface area contributed by atoms with E-state index in [0.29, 0.717) is 30.2 Å². The molecule has 1 aromatic carbocycles. The predicted molar refractivity (Wildman–Crippen MR) is 93.4 cm³/mol. The smallest absolute Gasteiger partial charge is 0.349 e. The number of halogens is 1.